The number of anilines is 1. The van der Waals surface area contributed by atoms with E-state index in [1.165, 1.54) is 19.2 Å². The summed E-state index contributed by atoms with van der Waals surface area (Å²) in [5.41, 5.74) is 0.910. The van der Waals surface area contributed by atoms with Gasteiger partial charge < -0.3 is 5.32 Å². The van der Waals surface area contributed by atoms with Crippen molar-refractivity contribution in [1.29, 1.82) is 0 Å². The molecular weight excluding hydrogens is 232 g/mol. The number of aromatic nitrogens is 3. The van der Waals surface area contributed by atoms with Gasteiger partial charge in [0.05, 0.1) is 0 Å². The van der Waals surface area contributed by atoms with E-state index in [9.17, 15) is 9.59 Å². The predicted molar refractivity (Wildman–Crippen MR) is 66.4 cm³/mol. The second kappa shape index (κ2) is 4.79. The van der Waals surface area contributed by atoms with Gasteiger partial charge in [-0.3, -0.25) is 9.59 Å². The summed E-state index contributed by atoms with van der Waals surface area (Å²) in [6.45, 7) is 1.91. The molecule has 0 saturated carbocycles. The van der Waals surface area contributed by atoms with Gasteiger partial charge in [0.25, 0.3) is 11.5 Å². The van der Waals surface area contributed by atoms with Crippen LogP contribution >= 0.6 is 0 Å². The third kappa shape index (κ3) is 2.60. The summed E-state index contributed by atoms with van der Waals surface area (Å²) in [5, 5.41) is 6.45. The standard InChI is InChI=1S/C12H12N4O2/c1-8-3-5-10(13-7-8)14-12(18)9-4-6-11(17)16(2)15-9/h3-7H,1-2H3,(H,13,14,18). The van der Waals surface area contributed by atoms with Gasteiger partial charge in [-0.15, -0.1) is 0 Å². The van der Waals surface area contributed by atoms with Gasteiger partial charge in [-0.2, -0.15) is 5.10 Å². The fraction of sp³-hybridized carbons (Fsp3) is 0.167. The number of rotatable bonds is 2. The third-order valence-electron chi connectivity index (χ3n) is 2.35. The van der Waals surface area contributed by atoms with Gasteiger partial charge in [-0.25, -0.2) is 9.67 Å². The summed E-state index contributed by atoms with van der Waals surface area (Å²) in [5.74, 6) is 0.0446. The van der Waals surface area contributed by atoms with E-state index in [0.29, 0.717) is 5.82 Å². The molecule has 0 aliphatic heterocycles. The smallest absolute Gasteiger partial charge is 0.277 e. The minimum Gasteiger partial charge on any atom is -0.305 e. The van der Waals surface area contributed by atoms with E-state index in [2.05, 4.69) is 15.4 Å². The maximum Gasteiger partial charge on any atom is 0.277 e. The van der Waals surface area contributed by atoms with Crippen molar-refractivity contribution in [3.05, 3.63) is 52.1 Å². The van der Waals surface area contributed by atoms with Crippen molar-refractivity contribution >= 4 is 11.7 Å². The zero-order valence-corrected chi connectivity index (χ0v) is 10.0. The largest absolute Gasteiger partial charge is 0.305 e. The predicted octanol–water partition coefficient (Wildman–Crippen LogP) is 0.736. The maximum atomic E-state index is 11.8. The summed E-state index contributed by atoms with van der Waals surface area (Å²) in [4.78, 5) is 27.0. The highest BCUT2D eigenvalue weighted by molar-refractivity contribution is 6.02. The molecule has 0 saturated heterocycles. The van der Waals surface area contributed by atoms with Crippen LogP contribution in [-0.4, -0.2) is 20.7 Å². The molecule has 0 unspecified atom stereocenters. The number of nitrogens with one attached hydrogen (secondary N) is 1. The molecule has 2 heterocycles. The molecule has 1 amide bonds. The van der Waals surface area contributed by atoms with Crippen molar-refractivity contribution in [2.24, 2.45) is 7.05 Å². The van der Waals surface area contributed by atoms with E-state index in [4.69, 9.17) is 0 Å². The lowest BCUT2D eigenvalue weighted by molar-refractivity contribution is 0.101. The number of hydrogen-bond donors (Lipinski definition) is 1. The summed E-state index contributed by atoms with van der Waals surface area (Å²) in [7, 11) is 1.49. The average Bonchev–Trinajstić information content (AvgIpc) is 2.35. The van der Waals surface area contributed by atoms with E-state index in [-0.39, 0.29) is 11.3 Å². The molecule has 92 valence electrons. The van der Waals surface area contributed by atoms with Crippen LogP contribution in [0.3, 0.4) is 0 Å². The monoisotopic (exact) mass is 244 g/mol. The number of pyridine rings is 1. The third-order valence-corrected chi connectivity index (χ3v) is 2.35. The van der Waals surface area contributed by atoms with Crippen molar-refractivity contribution in [2.45, 2.75) is 6.92 Å². The normalized spacial score (nSPS) is 10.1. The fourth-order valence-electron chi connectivity index (χ4n) is 1.35. The topological polar surface area (TPSA) is 76.9 Å². The van der Waals surface area contributed by atoms with Crippen molar-refractivity contribution < 1.29 is 4.79 Å². The Kier molecular flexibility index (Phi) is 3.18. The van der Waals surface area contributed by atoms with E-state index in [1.54, 1.807) is 12.3 Å². The Morgan fingerprint density at radius 3 is 2.67 bits per heavy atom. The minimum absolute atomic E-state index is 0.166. The van der Waals surface area contributed by atoms with Crippen LogP contribution in [-0.2, 0) is 7.05 Å². The molecule has 2 aromatic heterocycles. The van der Waals surface area contributed by atoms with Crippen LogP contribution in [0, 0.1) is 6.92 Å². The highest BCUT2D eigenvalue weighted by atomic mass is 16.2. The number of hydrogen-bond acceptors (Lipinski definition) is 4. The lowest BCUT2D eigenvalue weighted by atomic mass is 10.3. The van der Waals surface area contributed by atoms with Gasteiger partial charge >= 0.3 is 0 Å². The lowest BCUT2D eigenvalue weighted by Crippen LogP contribution is -2.23. The van der Waals surface area contributed by atoms with E-state index in [0.717, 1.165) is 10.2 Å². The summed E-state index contributed by atoms with van der Waals surface area (Å²) in [6.07, 6.45) is 1.66. The first kappa shape index (κ1) is 12.0. The summed E-state index contributed by atoms with van der Waals surface area (Å²) < 4.78 is 1.11. The van der Waals surface area contributed by atoms with Gasteiger partial charge in [0.15, 0.2) is 0 Å². The fourth-order valence-corrected chi connectivity index (χ4v) is 1.35. The molecule has 2 rings (SSSR count). The minimum atomic E-state index is -0.401. The number of nitrogens with zero attached hydrogens (tertiary/aromatic N) is 3. The summed E-state index contributed by atoms with van der Waals surface area (Å²) in [6, 6.07) is 6.22. The van der Waals surface area contributed by atoms with Crippen LogP contribution in [0.2, 0.25) is 0 Å². The Balaban J connectivity index is 2.19. The molecule has 0 fully saturated rings. The Labute approximate surface area is 103 Å². The van der Waals surface area contributed by atoms with Crippen LogP contribution in [0.25, 0.3) is 0 Å². The van der Waals surface area contributed by atoms with Gasteiger partial charge in [0, 0.05) is 19.3 Å². The SMILES string of the molecule is Cc1ccc(NC(=O)c2ccc(=O)n(C)n2)nc1. The molecule has 6 nitrogen and oxygen atoms in total. The number of carbonyl (C=O) groups is 1. The molecule has 1 N–H and O–H groups in total. The van der Waals surface area contributed by atoms with Crippen LogP contribution in [0.1, 0.15) is 16.1 Å². The number of carbonyl (C=O) groups excluding carboxylic acids is 1. The van der Waals surface area contributed by atoms with E-state index in [1.807, 2.05) is 13.0 Å². The average molecular weight is 244 g/mol. The van der Waals surface area contributed by atoms with Gasteiger partial charge in [0.1, 0.15) is 11.5 Å². The second-order valence-electron chi connectivity index (χ2n) is 3.86. The van der Waals surface area contributed by atoms with E-state index < -0.39 is 5.91 Å². The zero-order valence-electron chi connectivity index (χ0n) is 10.0. The van der Waals surface area contributed by atoms with Crippen LogP contribution in [0.5, 0.6) is 0 Å². The molecule has 0 aliphatic rings. The second-order valence-corrected chi connectivity index (χ2v) is 3.86. The van der Waals surface area contributed by atoms with Crippen molar-refractivity contribution in [3.63, 3.8) is 0 Å². The molecule has 2 aromatic rings. The number of amides is 1. The molecule has 0 spiro atoms. The van der Waals surface area contributed by atoms with Gasteiger partial charge in [0.2, 0.25) is 0 Å². The molecule has 18 heavy (non-hydrogen) atoms. The molecule has 0 aliphatic carbocycles. The number of aryl methyl sites for hydroxylation is 2. The Morgan fingerprint density at radius 1 is 1.28 bits per heavy atom. The molecule has 0 aromatic carbocycles. The van der Waals surface area contributed by atoms with Crippen molar-refractivity contribution in [1.82, 2.24) is 14.8 Å². The first-order chi connectivity index (χ1) is 8.56. The molecule has 0 bridgehead atoms. The van der Waals surface area contributed by atoms with Gasteiger partial charge in [-0.05, 0) is 24.6 Å². The Bertz CT molecular complexity index is 631. The molecule has 6 heteroatoms. The molecular formula is C12H12N4O2. The highest BCUT2D eigenvalue weighted by Crippen LogP contribution is 2.05. The van der Waals surface area contributed by atoms with Crippen LogP contribution < -0.4 is 10.9 Å². The Morgan fingerprint density at radius 2 is 2.06 bits per heavy atom. The van der Waals surface area contributed by atoms with E-state index >= 15 is 0 Å². The van der Waals surface area contributed by atoms with Crippen molar-refractivity contribution in [2.75, 3.05) is 5.32 Å². The zero-order chi connectivity index (χ0) is 13.1. The maximum absolute atomic E-state index is 11.8. The quantitative estimate of drug-likeness (QED) is 0.845. The first-order valence-corrected chi connectivity index (χ1v) is 5.34. The molecule has 0 atom stereocenters. The first-order valence-electron chi connectivity index (χ1n) is 5.34. The highest BCUT2D eigenvalue weighted by Gasteiger charge is 2.09. The van der Waals surface area contributed by atoms with Crippen LogP contribution in [0.15, 0.2) is 35.3 Å². The van der Waals surface area contributed by atoms with Crippen LogP contribution in [0.4, 0.5) is 5.82 Å². The summed E-state index contributed by atoms with van der Waals surface area (Å²) >= 11 is 0. The van der Waals surface area contributed by atoms with Crippen molar-refractivity contribution in [3.8, 4) is 0 Å². The Hall–Kier alpha value is -2.50. The molecule has 0 radical (unpaired) electrons. The van der Waals surface area contributed by atoms with Gasteiger partial charge in [-0.1, -0.05) is 6.07 Å². The lowest BCUT2D eigenvalue weighted by Gasteiger charge is -2.04.